The molecule has 122 valence electrons. The molecule has 3 aromatic rings. The van der Waals surface area contributed by atoms with E-state index in [9.17, 15) is 4.79 Å². The molecule has 0 unspecified atom stereocenters. The predicted octanol–water partition coefficient (Wildman–Crippen LogP) is 3.59. The Morgan fingerprint density at radius 2 is 2.00 bits per heavy atom. The molecule has 25 heavy (non-hydrogen) atoms. The molecule has 6 heteroatoms. The molecule has 1 aromatic heterocycles. The van der Waals surface area contributed by atoms with E-state index < -0.39 is 0 Å². The molecule has 0 radical (unpaired) electrons. The van der Waals surface area contributed by atoms with E-state index in [0.29, 0.717) is 22.9 Å². The second kappa shape index (κ2) is 7.70. The molecule has 0 fully saturated rings. The van der Waals surface area contributed by atoms with Crippen LogP contribution in [0.2, 0.25) is 0 Å². The van der Waals surface area contributed by atoms with E-state index >= 15 is 0 Å². The highest BCUT2D eigenvalue weighted by Gasteiger charge is 2.08. The smallest absolute Gasteiger partial charge is 0.255 e. The zero-order valence-corrected chi connectivity index (χ0v) is 13.2. The van der Waals surface area contributed by atoms with Crippen molar-refractivity contribution in [3.05, 3.63) is 78.0 Å². The maximum absolute atomic E-state index is 12.4. The average Bonchev–Trinajstić information content (AvgIpc) is 2.63. The van der Waals surface area contributed by atoms with Crippen molar-refractivity contribution in [2.24, 2.45) is 0 Å². The molecular formula is C19H14N4O2. The number of rotatable bonds is 5. The fourth-order valence-electron chi connectivity index (χ4n) is 2.22. The van der Waals surface area contributed by atoms with E-state index in [4.69, 9.17) is 10.00 Å². The van der Waals surface area contributed by atoms with Crippen LogP contribution in [-0.4, -0.2) is 16.1 Å². The Kier molecular flexibility index (Phi) is 4.98. The highest BCUT2D eigenvalue weighted by Crippen LogP contribution is 2.22. The summed E-state index contributed by atoms with van der Waals surface area (Å²) < 4.78 is 5.60. The fourth-order valence-corrected chi connectivity index (χ4v) is 2.22. The summed E-state index contributed by atoms with van der Waals surface area (Å²) in [5.74, 6) is 0.656. The van der Waals surface area contributed by atoms with Gasteiger partial charge in [-0.15, -0.1) is 5.10 Å². The van der Waals surface area contributed by atoms with Gasteiger partial charge in [0.1, 0.15) is 5.75 Å². The Bertz CT molecular complexity index is 920. The van der Waals surface area contributed by atoms with E-state index in [1.165, 1.54) is 0 Å². The second-order valence-electron chi connectivity index (χ2n) is 5.18. The first-order valence-corrected chi connectivity index (χ1v) is 7.57. The van der Waals surface area contributed by atoms with Gasteiger partial charge in [-0.2, -0.15) is 10.4 Å². The fraction of sp³-hybridized carbons (Fsp3) is 0.0526. The van der Waals surface area contributed by atoms with Crippen LogP contribution in [0.15, 0.2) is 66.9 Å². The van der Waals surface area contributed by atoms with Gasteiger partial charge in [-0.05, 0) is 35.9 Å². The summed E-state index contributed by atoms with van der Waals surface area (Å²) in [5.41, 5.74) is 1.89. The van der Waals surface area contributed by atoms with Crippen LogP contribution in [0.3, 0.4) is 0 Å². The predicted molar refractivity (Wildman–Crippen MR) is 92.3 cm³/mol. The molecular weight excluding hydrogens is 316 g/mol. The number of amides is 1. The van der Waals surface area contributed by atoms with E-state index in [2.05, 4.69) is 21.6 Å². The van der Waals surface area contributed by atoms with E-state index in [0.717, 1.165) is 5.56 Å². The van der Waals surface area contributed by atoms with Gasteiger partial charge in [0.2, 0.25) is 5.88 Å². The summed E-state index contributed by atoms with van der Waals surface area (Å²) in [6.45, 7) is 0. The summed E-state index contributed by atoms with van der Waals surface area (Å²) in [5, 5.41) is 19.2. The van der Waals surface area contributed by atoms with E-state index in [1.54, 1.807) is 60.8 Å². The molecule has 1 N–H and O–H groups in total. The number of ether oxygens (including phenoxy) is 1. The van der Waals surface area contributed by atoms with Crippen LogP contribution >= 0.6 is 0 Å². The zero-order chi connectivity index (χ0) is 17.5. The van der Waals surface area contributed by atoms with Crippen LogP contribution in [0.25, 0.3) is 0 Å². The molecule has 3 rings (SSSR count). The molecule has 1 heterocycles. The number of aromatic nitrogens is 2. The second-order valence-corrected chi connectivity index (χ2v) is 5.18. The first-order valence-electron chi connectivity index (χ1n) is 7.57. The maximum atomic E-state index is 12.4. The third-order valence-corrected chi connectivity index (χ3v) is 3.33. The van der Waals surface area contributed by atoms with Crippen molar-refractivity contribution in [1.82, 2.24) is 10.2 Å². The molecule has 0 aliphatic rings. The molecule has 0 spiro atoms. The number of carbonyl (C=O) groups excluding carboxylic acids is 1. The maximum Gasteiger partial charge on any atom is 0.255 e. The third-order valence-electron chi connectivity index (χ3n) is 3.33. The van der Waals surface area contributed by atoms with Crippen LogP contribution < -0.4 is 10.1 Å². The summed E-state index contributed by atoms with van der Waals surface area (Å²) in [6.07, 6.45) is 1.83. The van der Waals surface area contributed by atoms with Gasteiger partial charge in [-0.3, -0.25) is 4.79 Å². The van der Waals surface area contributed by atoms with Crippen LogP contribution in [0.5, 0.6) is 11.6 Å². The lowest BCUT2D eigenvalue weighted by Crippen LogP contribution is -2.12. The number of nitrogens with one attached hydrogen (secondary N) is 1. The molecule has 6 nitrogen and oxygen atoms in total. The minimum atomic E-state index is -0.253. The number of benzene rings is 2. The van der Waals surface area contributed by atoms with Crippen LogP contribution in [0.1, 0.15) is 15.9 Å². The van der Waals surface area contributed by atoms with Crippen molar-refractivity contribution in [2.75, 3.05) is 5.32 Å². The molecule has 0 atom stereocenters. The lowest BCUT2D eigenvalue weighted by molar-refractivity contribution is 0.102. The van der Waals surface area contributed by atoms with Crippen molar-refractivity contribution in [2.45, 2.75) is 6.42 Å². The Morgan fingerprint density at radius 1 is 1.12 bits per heavy atom. The van der Waals surface area contributed by atoms with E-state index in [-0.39, 0.29) is 12.3 Å². The van der Waals surface area contributed by atoms with Crippen molar-refractivity contribution in [1.29, 1.82) is 5.26 Å². The topological polar surface area (TPSA) is 87.9 Å². The van der Waals surface area contributed by atoms with Crippen molar-refractivity contribution >= 4 is 11.6 Å². The molecule has 0 aliphatic heterocycles. The van der Waals surface area contributed by atoms with Gasteiger partial charge in [0, 0.05) is 29.6 Å². The Labute approximate surface area is 144 Å². The largest absolute Gasteiger partial charge is 0.437 e. The first kappa shape index (κ1) is 16.1. The Morgan fingerprint density at radius 3 is 2.80 bits per heavy atom. The van der Waals surface area contributed by atoms with Crippen molar-refractivity contribution < 1.29 is 9.53 Å². The lowest BCUT2D eigenvalue weighted by Gasteiger charge is -2.08. The average molecular weight is 330 g/mol. The highest BCUT2D eigenvalue weighted by atomic mass is 16.5. The molecule has 0 saturated heterocycles. The number of nitriles is 1. The quantitative estimate of drug-likeness (QED) is 0.772. The summed E-state index contributed by atoms with van der Waals surface area (Å²) in [6, 6.07) is 19.5. The Hall–Kier alpha value is -3.72. The third kappa shape index (κ3) is 4.39. The van der Waals surface area contributed by atoms with Crippen molar-refractivity contribution in [3.8, 4) is 17.7 Å². The SMILES string of the molecule is N#CCc1cccc(C(=O)Nc2cccc(Oc3cccnn3)c2)c1. The standard InChI is InChI=1S/C19H14N4O2/c20-10-9-14-4-1-5-15(12-14)19(24)22-16-6-2-7-17(13-16)25-18-8-3-11-21-23-18/h1-8,11-13H,9H2,(H,22,24). The number of hydrogen-bond donors (Lipinski definition) is 1. The van der Waals surface area contributed by atoms with Gasteiger partial charge >= 0.3 is 0 Å². The summed E-state index contributed by atoms with van der Waals surface area (Å²) in [7, 11) is 0. The van der Waals surface area contributed by atoms with Crippen LogP contribution in [0, 0.1) is 11.3 Å². The first-order chi connectivity index (χ1) is 12.2. The monoisotopic (exact) mass is 330 g/mol. The van der Waals surface area contributed by atoms with Gasteiger partial charge in [-0.1, -0.05) is 18.2 Å². The minimum Gasteiger partial charge on any atom is -0.437 e. The normalized spacial score (nSPS) is 9.88. The molecule has 1 amide bonds. The van der Waals surface area contributed by atoms with Crippen molar-refractivity contribution in [3.63, 3.8) is 0 Å². The zero-order valence-electron chi connectivity index (χ0n) is 13.2. The molecule has 0 aliphatic carbocycles. The van der Waals surface area contributed by atoms with E-state index in [1.807, 2.05) is 6.07 Å². The summed E-state index contributed by atoms with van der Waals surface area (Å²) in [4.78, 5) is 12.4. The number of nitrogens with zero attached hydrogens (tertiary/aromatic N) is 3. The summed E-state index contributed by atoms with van der Waals surface area (Å²) >= 11 is 0. The van der Waals surface area contributed by atoms with Gasteiger partial charge in [-0.25, -0.2) is 0 Å². The van der Waals surface area contributed by atoms with Gasteiger partial charge in [0.05, 0.1) is 12.5 Å². The number of hydrogen-bond acceptors (Lipinski definition) is 5. The van der Waals surface area contributed by atoms with Gasteiger partial charge in [0.25, 0.3) is 5.91 Å². The van der Waals surface area contributed by atoms with Gasteiger partial charge in [0.15, 0.2) is 0 Å². The number of carbonyl (C=O) groups is 1. The van der Waals surface area contributed by atoms with Crippen LogP contribution in [-0.2, 0) is 6.42 Å². The highest BCUT2D eigenvalue weighted by molar-refractivity contribution is 6.04. The molecule has 0 saturated carbocycles. The molecule has 0 bridgehead atoms. The van der Waals surface area contributed by atoms with Crippen LogP contribution in [0.4, 0.5) is 5.69 Å². The number of anilines is 1. The van der Waals surface area contributed by atoms with Gasteiger partial charge < -0.3 is 10.1 Å². The molecule has 2 aromatic carbocycles. The minimum absolute atomic E-state index is 0.253. The lowest BCUT2D eigenvalue weighted by atomic mass is 10.1. The Balaban J connectivity index is 1.72.